The summed E-state index contributed by atoms with van der Waals surface area (Å²) >= 11 is 0. The monoisotopic (exact) mass is 422 g/mol. The van der Waals surface area contributed by atoms with Crippen LogP contribution in [-0.4, -0.2) is 24.4 Å². The van der Waals surface area contributed by atoms with Gasteiger partial charge in [0.1, 0.15) is 0 Å². The lowest BCUT2D eigenvalue weighted by Crippen LogP contribution is -2.34. The summed E-state index contributed by atoms with van der Waals surface area (Å²) in [6, 6.07) is 12.1. The molecule has 2 aromatic heterocycles. The number of aromatic nitrogens is 4. The van der Waals surface area contributed by atoms with Gasteiger partial charge < -0.3 is 5.73 Å². The number of non-ortho nitro benzene ring substituents is 2. The largest absolute Gasteiger partial charge is 0.355 e. The molecule has 4 rings (SSSR count). The molecular weight excluding hydrogens is 406 g/mol. The summed E-state index contributed by atoms with van der Waals surface area (Å²) in [5.41, 5.74) is 7.40. The molecule has 0 aliphatic rings. The Hall–Kier alpha value is -4.61. The van der Waals surface area contributed by atoms with Crippen LogP contribution in [0.5, 0.6) is 0 Å². The zero-order valence-electron chi connectivity index (χ0n) is 16.0. The van der Waals surface area contributed by atoms with Gasteiger partial charge in [0.15, 0.2) is 6.33 Å². The number of nitro groups is 2. The number of nitrogens with one attached hydrogen (secondary N) is 1. The predicted octanol–water partition coefficient (Wildman–Crippen LogP) is 1.51. The highest BCUT2D eigenvalue weighted by Crippen LogP contribution is 2.16. The minimum atomic E-state index is -0.482. The molecule has 2 aromatic carbocycles. The number of benzene rings is 2. The highest BCUT2D eigenvalue weighted by atomic mass is 16.6. The SMILES string of the molecule is Nc1nc2c(c(=O)[nH]1)n(Cc1ccc([N+](=O)[O-])cc1)c[n+]2Cc1ccc([N+](=O)[O-])cc1. The Morgan fingerprint density at radius 3 is 2.06 bits per heavy atom. The van der Waals surface area contributed by atoms with Crippen LogP contribution in [0, 0.1) is 20.2 Å². The van der Waals surface area contributed by atoms with E-state index in [4.69, 9.17) is 5.73 Å². The highest BCUT2D eigenvalue weighted by molar-refractivity contribution is 5.67. The van der Waals surface area contributed by atoms with Crippen LogP contribution in [0.15, 0.2) is 59.7 Å². The van der Waals surface area contributed by atoms with Gasteiger partial charge >= 0.3 is 5.65 Å². The molecule has 0 fully saturated rings. The van der Waals surface area contributed by atoms with Gasteiger partial charge in [-0.25, -0.2) is 4.57 Å². The third-order valence-electron chi connectivity index (χ3n) is 4.73. The van der Waals surface area contributed by atoms with E-state index in [0.717, 1.165) is 11.1 Å². The van der Waals surface area contributed by atoms with Crippen molar-refractivity contribution >= 4 is 28.5 Å². The van der Waals surface area contributed by atoms with Crippen molar-refractivity contribution in [3.05, 3.63) is 96.6 Å². The number of nitrogens with two attached hydrogens (primary N) is 1. The van der Waals surface area contributed by atoms with Crippen molar-refractivity contribution < 1.29 is 14.4 Å². The summed E-state index contributed by atoms with van der Waals surface area (Å²) in [5, 5.41) is 21.7. The summed E-state index contributed by atoms with van der Waals surface area (Å²) in [6.07, 6.45) is 1.69. The minimum absolute atomic E-state index is 0.0202. The van der Waals surface area contributed by atoms with E-state index in [9.17, 15) is 25.0 Å². The number of aromatic amines is 1. The fourth-order valence-electron chi connectivity index (χ4n) is 3.29. The second-order valence-electron chi connectivity index (χ2n) is 6.84. The second kappa shape index (κ2) is 7.67. The van der Waals surface area contributed by atoms with Crippen molar-refractivity contribution in [3.8, 4) is 0 Å². The molecule has 0 saturated heterocycles. The third-order valence-corrected chi connectivity index (χ3v) is 4.73. The fraction of sp³-hybridized carbons (Fsp3) is 0.105. The maximum atomic E-state index is 12.6. The van der Waals surface area contributed by atoms with E-state index in [2.05, 4.69) is 9.97 Å². The number of H-pyrrole nitrogens is 1. The molecule has 0 bridgehead atoms. The van der Waals surface area contributed by atoms with E-state index < -0.39 is 15.4 Å². The van der Waals surface area contributed by atoms with Crippen LogP contribution in [0.2, 0.25) is 0 Å². The van der Waals surface area contributed by atoms with E-state index in [1.807, 2.05) is 0 Å². The van der Waals surface area contributed by atoms with Gasteiger partial charge in [-0.2, -0.15) is 0 Å². The van der Waals surface area contributed by atoms with Crippen LogP contribution in [0.1, 0.15) is 11.1 Å². The molecule has 3 N–H and O–H groups in total. The lowest BCUT2D eigenvalue weighted by molar-refractivity contribution is -0.665. The zero-order chi connectivity index (χ0) is 22.1. The van der Waals surface area contributed by atoms with Gasteiger partial charge in [-0.1, -0.05) is 4.98 Å². The first-order chi connectivity index (χ1) is 14.8. The maximum absolute atomic E-state index is 12.6. The Labute approximate surface area is 173 Å². The van der Waals surface area contributed by atoms with E-state index >= 15 is 0 Å². The van der Waals surface area contributed by atoms with Gasteiger partial charge in [0.05, 0.1) is 22.9 Å². The first kappa shape index (κ1) is 19.7. The summed E-state index contributed by atoms with van der Waals surface area (Å²) in [7, 11) is 0. The predicted molar refractivity (Wildman–Crippen MR) is 109 cm³/mol. The Morgan fingerprint density at radius 1 is 0.968 bits per heavy atom. The molecule has 0 atom stereocenters. The first-order valence-electron chi connectivity index (χ1n) is 9.06. The Bertz CT molecular complexity index is 1360. The van der Waals surface area contributed by atoms with Gasteiger partial charge in [0.25, 0.3) is 22.9 Å². The molecule has 2 heterocycles. The molecule has 0 unspecified atom stereocenters. The minimum Gasteiger partial charge on any atom is -0.355 e. The number of anilines is 1. The number of hydrogen-bond donors (Lipinski definition) is 2. The van der Waals surface area contributed by atoms with Crippen molar-refractivity contribution in [2.75, 3.05) is 5.73 Å². The van der Waals surface area contributed by atoms with Crippen LogP contribution in [-0.2, 0) is 13.1 Å². The van der Waals surface area contributed by atoms with E-state index in [1.165, 1.54) is 24.3 Å². The molecule has 12 heteroatoms. The summed E-state index contributed by atoms with van der Waals surface area (Å²) < 4.78 is 3.39. The first-order valence-corrected chi connectivity index (χ1v) is 9.06. The normalized spacial score (nSPS) is 11.0. The quantitative estimate of drug-likeness (QED) is 0.270. The molecule has 0 radical (unpaired) electrons. The van der Waals surface area contributed by atoms with Crippen molar-refractivity contribution in [1.29, 1.82) is 0 Å². The Balaban J connectivity index is 1.73. The lowest BCUT2D eigenvalue weighted by Gasteiger charge is -2.00. The molecule has 4 aromatic rings. The second-order valence-corrected chi connectivity index (χ2v) is 6.84. The smallest absolute Gasteiger partial charge is 0.311 e. The van der Waals surface area contributed by atoms with Gasteiger partial charge in [-0.15, -0.1) is 0 Å². The van der Waals surface area contributed by atoms with Crippen molar-refractivity contribution in [1.82, 2.24) is 14.5 Å². The lowest BCUT2D eigenvalue weighted by atomic mass is 10.2. The number of imidazole rings is 1. The Kier molecular flexibility index (Phi) is 4.87. The van der Waals surface area contributed by atoms with Crippen LogP contribution < -0.4 is 15.9 Å². The van der Waals surface area contributed by atoms with E-state index in [-0.39, 0.29) is 29.4 Å². The molecule has 0 amide bonds. The summed E-state index contributed by atoms with van der Waals surface area (Å²) in [4.78, 5) is 40.0. The molecule has 0 spiro atoms. The zero-order valence-corrected chi connectivity index (χ0v) is 16.0. The maximum Gasteiger partial charge on any atom is 0.311 e. The van der Waals surface area contributed by atoms with Gasteiger partial charge in [-0.3, -0.25) is 34.6 Å². The van der Waals surface area contributed by atoms with Gasteiger partial charge in [-0.05, 0) is 35.4 Å². The topological polar surface area (TPSA) is 167 Å². The number of nitrogens with zero attached hydrogens (tertiary/aromatic N) is 5. The average molecular weight is 422 g/mol. The fourth-order valence-corrected chi connectivity index (χ4v) is 3.29. The molecule has 31 heavy (non-hydrogen) atoms. The number of nitrogen functional groups attached to an aromatic ring is 1. The van der Waals surface area contributed by atoms with Crippen LogP contribution in [0.4, 0.5) is 17.3 Å². The number of nitro benzene ring substituents is 2. The van der Waals surface area contributed by atoms with Crippen LogP contribution in [0.25, 0.3) is 11.2 Å². The number of hydrogen-bond acceptors (Lipinski definition) is 7. The molecule has 0 saturated carbocycles. The molecule has 12 nitrogen and oxygen atoms in total. The van der Waals surface area contributed by atoms with E-state index in [1.54, 1.807) is 39.7 Å². The van der Waals surface area contributed by atoms with Crippen molar-refractivity contribution in [3.63, 3.8) is 0 Å². The summed E-state index contributed by atoms with van der Waals surface area (Å²) in [6.45, 7) is 0.577. The van der Waals surface area contributed by atoms with Gasteiger partial charge in [0, 0.05) is 24.3 Å². The average Bonchev–Trinajstić information content (AvgIpc) is 3.05. The van der Waals surface area contributed by atoms with Gasteiger partial charge in [0.2, 0.25) is 5.52 Å². The highest BCUT2D eigenvalue weighted by Gasteiger charge is 2.22. The van der Waals surface area contributed by atoms with Crippen LogP contribution >= 0.6 is 0 Å². The molecular formula is C19H16N7O5+. The standard InChI is InChI=1S/C19H15N7O5/c20-19-21-17-16(18(27)22-19)23(9-12-1-5-14(6-2-12)25(28)29)11-24(17)10-13-3-7-15(8-4-13)26(30)31/h1-8,11H,9-10H2,(H2-,20,21,22,27)/p+1. The number of rotatable bonds is 6. The Morgan fingerprint density at radius 2 is 1.52 bits per heavy atom. The van der Waals surface area contributed by atoms with Crippen molar-refractivity contribution in [2.45, 2.75) is 13.1 Å². The van der Waals surface area contributed by atoms with Crippen molar-refractivity contribution in [2.24, 2.45) is 0 Å². The van der Waals surface area contributed by atoms with Crippen LogP contribution in [0.3, 0.4) is 0 Å². The van der Waals surface area contributed by atoms with E-state index in [0.29, 0.717) is 12.2 Å². The molecule has 156 valence electrons. The molecule has 0 aliphatic carbocycles. The number of fused-ring (bicyclic) bond motifs is 1. The third kappa shape index (κ3) is 3.94. The molecule has 0 aliphatic heterocycles. The summed E-state index contributed by atoms with van der Waals surface area (Å²) in [5.74, 6) is -0.0389.